The zero-order valence-electron chi connectivity index (χ0n) is 10.1. The van der Waals surface area contributed by atoms with Crippen LogP contribution in [0.5, 0.6) is 0 Å². The van der Waals surface area contributed by atoms with E-state index in [0.717, 1.165) is 6.07 Å². The molecule has 6 heteroatoms. The quantitative estimate of drug-likeness (QED) is 0.619. The first-order valence-electron chi connectivity index (χ1n) is 6.14. The third-order valence-electron chi connectivity index (χ3n) is 4.01. The lowest BCUT2D eigenvalue weighted by Gasteiger charge is -2.34. The Labute approximate surface area is 108 Å². The van der Waals surface area contributed by atoms with Gasteiger partial charge >= 0.3 is 11.9 Å². The molecule has 1 spiro atoms. The molecule has 0 radical (unpaired) electrons. The summed E-state index contributed by atoms with van der Waals surface area (Å²) in [5.74, 6) is -2.49. The van der Waals surface area contributed by atoms with Crippen molar-refractivity contribution in [3.8, 4) is 0 Å². The molecular formula is C13H12FNO4. The van der Waals surface area contributed by atoms with E-state index >= 15 is 0 Å². The second-order valence-electron chi connectivity index (χ2n) is 5.05. The fraction of sp³-hybridized carbons (Fsp3) is 0.462. The molecule has 1 aliphatic heterocycles. The van der Waals surface area contributed by atoms with Crippen LogP contribution in [0.4, 0.5) is 4.39 Å². The van der Waals surface area contributed by atoms with Crippen LogP contribution in [0.2, 0.25) is 0 Å². The highest BCUT2D eigenvalue weighted by atomic mass is 19.1. The molecule has 2 heterocycles. The van der Waals surface area contributed by atoms with Gasteiger partial charge in [0.25, 0.3) is 0 Å². The predicted octanol–water partition coefficient (Wildman–Crippen LogP) is 1.86. The lowest BCUT2D eigenvalue weighted by Crippen LogP contribution is -2.34. The topological polar surface area (TPSA) is 76.5 Å². The third kappa shape index (κ3) is 1.78. The summed E-state index contributed by atoms with van der Waals surface area (Å²) in [5.41, 5.74) is -0.0111. The number of carboxylic acids is 1. The van der Waals surface area contributed by atoms with E-state index in [0.29, 0.717) is 31.2 Å². The van der Waals surface area contributed by atoms with E-state index in [1.807, 2.05) is 0 Å². The monoisotopic (exact) mass is 265 g/mol. The smallest absolute Gasteiger partial charge is 0.339 e. The first kappa shape index (κ1) is 12.1. The Balaban J connectivity index is 1.93. The maximum absolute atomic E-state index is 13.1. The number of carbonyl (C=O) groups is 2. The van der Waals surface area contributed by atoms with Crippen molar-refractivity contribution in [3.63, 3.8) is 0 Å². The molecule has 3 rings (SSSR count). The number of halogens is 1. The van der Waals surface area contributed by atoms with Crippen LogP contribution in [0, 0.1) is 11.9 Å². The molecule has 1 aromatic heterocycles. The fourth-order valence-corrected chi connectivity index (χ4v) is 2.95. The van der Waals surface area contributed by atoms with E-state index in [1.54, 1.807) is 0 Å². The van der Waals surface area contributed by atoms with Gasteiger partial charge in [0.15, 0.2) is 0 Å². The van der Waals surface area contributed by atoms with Gasteiger partial charge in [-0.15, -0.1) is 0 Å². The van der Waals surface area contributed by atoms with Gasteiger partial charge in [-0.3, -0.25) is 4.79 Å². The van der Waals surface area contributed by atoms with Gasteiger partial charge in [-0.1, -0.05) is 0 Å². The minimum absolute atomic E-state index is 0.210. The average molecular weight is 265 g/mol. The summed E-state index contributed by atoms with van der Waals surface area (Å²) in [6.07, 6.45) is 3.10. The third-order valence-corrected chi connectivity index (χ3v) is 4.01. The fourth-order valence-electron chi connectivity index (χ4n) is 2.95. The Morgan fingerprint density at radius 2 is 2.16 bits per heavy atom. The van der Waals surface area contributed by atoms with Crippen molar-refractivity contribution in [1.29, 1.82) is 0 Å². The number of ether oxygens (including phenoxy) is 1. The predicted molar refractivity (Wildman–Crippen MR) is 60.9 cm³/mol. The number of aliphatic carboxylic acids is 1. The van der Waals surface area contributed by atoms with Crippen LogP contribution in [0.25, 0.3) is 0 Å². The summed E-state index contributed by atoms with van der Waals surface area (Å²) < 4.78 is 18.5. The van der Waals surface area contributed by atoms with Crippen LogP contribution < -0.4 is 0 Å². The largest absolute Gasteiger partial charge is 0.481 e. The molecule has 0 saturated heterocycles. The van der Waals surface area contributed by atoms with E-state index in [4.69, 9.17) is 9.84 Å². The minimum atomic E-state index is -0.823. The summed E-state index contributed by atoms with van der Waals surface area (Å²) in [5, 5.41) is 8.98. The Morgan fingerprint density at radius 3 is 2.79 bits per heavy atom. The first-order valence-corrected chi connectivity index (χ1v) is 6.14. The number of hydrogen-bond acceptors (Lipinski definition) is 4. The maximum Gasteiger partial charge on any atom is 0.339 e. The Kier molecular flexibility index (Phi) is 2.55. The number of aromatic nitrogens is 1. The van der Waals surface area contributed by atoms with Gasteiger partial charge in [0.05, 0.1) is 11.5 Å². The van der Waals surface area contributed by atoms with Crippen molar-refractivity contribution in [3.05, 3.63) is 29.3 Å². The number of hydrogen-bond donors (Lipinski definition) is 1. The van der Waals surface area contributed by atoms with Crippen LogP contribution in [0.1, 0.15) is 41.6 Å². The maximum atomic E-state index is 13.1. The molecule has 1 fully saturated rings. The van der Waals surface area contributed by atoms with Gasteiger partial charge in [-0.25, -0.2) is 9.78 Å². The van der Waals surface area contributed by atoms with Crippen molar-refractivity contribution < 1.29 is 23.8 Å². The molecular weight excluding hydrogens is 253 g/mol. The zero-order valence-corrected chi connectivity index (χ0v) is 10.1. The molecule has 5 nitrogen and oxygen atoms in total. The Morgan fingerprint density at radius 1 is 1.47 bits per heavy atom. The molecule has 1 aromatic rings. The molecule has 0 atom stereocenters. The molecule has 0 aromatic carbocycles. The van der Waals surface area contributed by atoms with Crippen LogP contribution in [-0.2, 0) is 15.1 Å². The molecule has 2 aliphatic rings. The Hall–Kier alpha value is -1.98. The summed E-state index contributed by atoms with van der Waals surface area (Å²) in [7, 11) is 0. The van der Waals surface area contributed by atoms with Crippen molar-refractivity contribution in [1.82, 2.24) is 4.98 Å². The van der Waals surface area contributed by atoms with E-state index < -0.39 is 29.4 Å². The highest BCUT2D eigenvalue weighted by Gasteiger charge is 2.48. The van der Waals surface area contributed by atoms with Crippen LogP contribution >= 0.6 is 0 Å². The number of carbonyl (C=O) groups excluding carboxylic acids is 1. The molecule has 1 N–H and O–H groups in total. The number of nitrogens with zero attached hydrogens (tertiary/aromatic N) is 1. The standard InChI is InChI=1S/C13H12FNO4/c14-10-5-8-9(6-15-10)13(19-12(8)18)3-1-7(2-4-13)11(16)17/h5-7H,1-4H2,(H,16,17). The molecule has 0 unspecified atom stereocenters. The van der Waals surface area contributed by atoms with Gasteiger partial charge < -0.3 is 9.84 Å². The SMILES string of the molecule is O=C1OC2(CCC(C(=O)O)CC2)c2cnc(F)cc21. The van der Waals surface area contributed by atoms with Gasteiger partial charge in [-0.2, -0.15) is 4.39 Å². The summed E-state index contributed by atoms with van der Waals surface area (Å²) >= 11 is 0. The average Bonchev–Trinajstić information content (AvgIpc) is 2.63. The van der Waals surface area contributed by atoms with Crippen LogP contribution in [0.15, 0.2) is 12.3 Å². The van der Waals surface area contributed by atoms with E-state index in [1.165, 1.54) is 6.20 Å². The number of esters is 1. The van der Waals surface area contributed by atoms with Gasteiger partial charge in [0.1, 0.15) is 5.60 Å². The minimum Gasteiger partial charge on any atom is -0.481 e. The van der Waals surface area contributed by atoms with Gasteiger partial charge in [0, 0.05) is 17.8 Å². The van der Waals surface area contributed by atoms with Crippen LogP contribution in [-0.4, -0.2) is 22.0 Å². The first-order chi connectivity index (χ1) is 9.02. The normalized spacial score (nSPS) is 29.1. The van der Waals surface area contributed by atoms with Gasteiger partial charge in [0.2, 0.25) is 5.95 Å². The molecule has 0 amide bonds. The van der Waals surface area contributed by atoms with Gasteiger partial charge in [-0.05, 0) is 25.7 Å². The number of pyridine rings is 1. The lowest BCUT2D eigenvalue weighted by atomic mass is 9.75. The van der Waals surface area contributed by atoms with E-state index in [9.17, 15) is 14.0 Å². The molecule has 1 aliphatic carbocycles. The highest BCUT2D eigenvalue weighted by molar-refractivity contribution is 5.94. The summed E-state index contributed by atoms with van der Waals surface area (Å²) in [6.45, 7) is 0. The Bertz CT molecular complexity index is 564. The van der Waals surface area contributed by atoms with Crippen LogP contribution in [0.3, 0.4) is 0 Å². The summed E-state index contributed by atoms with van der Waals surface area (Å²) in [6, 6.07) is 1.08. The zero-order chi connectivity index (χ0) is 13.6. The van der Waals surface area contributed by atoms with E-state index in [2.05, 4.69) is 4.98 Å². The summed E-state index contributed by atoms with van der Waals surface area (Å²) in [4.78, 5) is 26.3. The second-order valence-corrected chi connectivity index (χ2v) is 5.05. The lowest BCUT2D eigenvalue weighted by molar-refractivity contribution is -0.144. The molecule has 19 heavy (non-hydrogen) atoms. The number of carboxylic acid groups (broad SMARTS) is 1. The number of fused-ring (bicyclic) bond motifs is 2. The van der Waals surface area contributed by atoms with Crippen molar-refractivity contribution in [2.24, 2.45) is 5.92 Å². The highest BCUT2D eigenvalue weighted by Crippen LogP contribution is 2.47. The van der Waals surface area contributed by atoms with Crippen molar-refractivity contribution in [2.75, 3.05) is 0 Å². The second kappa shape index (κ2) is 4.01. The number of rotatable bonds is 1. The molecule has 100 valence electrons. The van der Waals surface area contributed by atoms with Crippen molar-refractivity contribution >= 4 is 11.9 Å². The van der Waals surface area contributed by atoms with E-state index in [-0.39, 0.29) is 5.56 Å². The molecule has 0 bridgehead atoms. The molecule has 1 saturated carbocycles. The van der Waals surface area contributed by atoms with Crippen molar-refractivity contribution in [2.45, 2.75) is 31.3 Å².